The molecule has 1 fully saturated rings. The first-order chi connectivity index (χ1) is 19.8. The molecule has 0 saturated carbocycles. The number of piperazine rings is 1. The van der Waals surface area contributed by atoms with Crippen LogP contribution in [0.1, 0.15) is 35.8 Å². The van der Waals surface area contributed by atoms with Crippen LogP contribution < -0.4 is 5.32 Å². The first-order valence-corrected chi connectivity index (χ1v) is 13.6. The number of carbonyl (C=O) groups is 4. The average Bonchev–Trinajstić information content (AvgIpc) is 2.99. The van der Waals surface area contributed by atoms with E-state index in [2.05, 4.69) is 10.3 Å². The van der Waals surface area contributed by atoms with Crippen molar-refractivity contribution in [1.29, 1.82) is 0 Å². The van der Waals surface area contributed by atoms with Gasteiger partial charge >= 0.3 is 12.1 Å². The largest absolute Gasteiger partial charge is 0.481 e. The molecule has 1 atom stereocenters. The Balaban J connectivity index is 1.59. The molecule has 0 aliphatic carbocycles. The number of aromatic nitrogens is 1. The molecule has 214 valence electrons. The Morgan fingerprint density at radius 2 is 1.59 bits per heavy atom. The summed E-state index contributed by atoms with van der Waals surface area (Å²) in [7, 11) is 0. The fourth-order valence-corrected chi connectivity index (χ4v) is 4.74. The molecule has 4 rings (SSSR count). The average molecular weight is 559 g/mol. The molecule has 3 aromatic rings. The van der Waals surface area contributed by atoms with Gasteiger partial charge in [-0.2, -0.15) is 0 Å². The van der Waals surface area contributed by atoms with E-state index >= 15 is 0 Å². The molecule has 2 N–H and O–H groups in total. The number of nitrogens with zero attached hydrogens (tertiary/aromatic N) is 3. The maximum atomic E-state index is 13.6. The van der Waals surface area contributed by atoms with Gasteiger partial charge in [0.2, 0.25) is 5.91 Å². The van der Waals surface area contributed by atoms with Crippen molar-refractivity contribution in [3.8, 4) is 22.4 Å². The number of carboxylic acids is 1. The topological polar surface area (TPSA) is 129 Å². The molecule has 2 aromatic carbocycles. The van der Waals surface area contributed by atoms with Crippen LogP contribution in [0.4, 0.5) is 4.79 Å². The number of hydrogen-bond donors (Lipinski definition) is 2. The van der Waals surface area contributed by atoms with Crippen molar-refractivity contribution in [2.75, 3.05) is 32.8 Å². The number of aryl methyl sites for hydroxylation is 1. The van der Waals surface area contributed by atoms with Crippen molar-refractivity contribution in [1.82, 2.24) is 20.1 Å². The molecule has 0 bridgehead atoms. The summed E-state index contributed by atoms with van der Waals surface area (Å²) in [4.78, 5) is 58.2. The summed E-state index contributed by atoms with van der Waals surface area (Å²) in [6, 6.07) is 19.9. The predicted molar refractivity (Wildman–Crippen MR) is 153 cm³/mol. The van der Waals surface area contributed by atoms with Crippen LogP contribution in [0, 0.1) is 6.92 Å². The lowest BCUT2D eigenvalue weighted by Gasteiger charge is -2.35. The van der Waals surface area contributed by atoms with E-state index in [0.29, 0.717) is 5.69 Å². The van der Waals surface area contributed by atoms with Crippen molar-refractivity contribution >= 4 is 23.9 Å². The predicted octanol–water partition coefficient (Wildman–Crippen LogP) is 3.99. The van der Waals surface area contributed by atoms with Crippen molar-refractivity contribution in [2.45, 2.75) is 32.7 Å². The normalized spacial score (nSPS) is 13.8. The monoisotopic (exact) mass is 558 g/mol. The Labute approximate surface area is 238 Å². The van der Waals surface area contributed by atoms with Crippen molar-refractivity contribution < 1.29 is 29.0 Å². The second kappa shape index (κ2) is 13.6. The van der Waals surface area contributed by atoms with Gasteiger partial charge < -0.3 is 25.0 Å². The Kier molecular flexibility index (Phi) is 9.68. The minimum atomic E-state index is -1.07. The summed E-state index contributed by atoms with van der Waals surface area (Å²) in [6.45, 7) is 5.00. The lowest BCUT2D eigenvalue weighted by molar-refractivity contribution is -0.138. The van der Waals surface area contributed by atoms with Gasteiger partial charge in [-0.15, -0.1) is 0 Å². The van der Waals surface area contributed by atoms with E-state index in [-0.39, 0.29) is 51.3 Å². The van der Waals surface area contributed by atoms with Gasteiger partial charge in [0.05, 0.1) is 12.3 Å². The van der Waals surface area contributed by atoms with E-state index in [1.807, 2.05) is 67.6 Å². The lowest BCUT2D eigenvalue weighted by Crippen LogP contribution is -2.56. The van der Waals surface area contributed by atoms with Crippen molar-refractivity contribution in [3.63, 3.8) is 0 Å². The molecular formula is C31H34N4O6. The first kappa shape index (κ1) is 29.3. The number of ether oxygens (including phenoxy) is 1. The Bertz CT molecular complexity index is 1400. The van der Waals surface area contributed by atoms with Gasteiger partial charge in [0.15, 0.2) is 0 Å². The van der Waals surface area contributed by atoms with Gasteiger partial charge in [-0.1, -0.05) is 54.6 Å². The standard InChI is InChI=1S/C31H34N4O6/c1-3-41-31(40)35-17-15-34(16-18-35)30(39)25(13-14-28(36)37)33-29(38)27-20-23(22-10-5-4-6-11-22)19-26(32-27)24-12-8-7-9-21(24)2/h4-12,19-20,25H,3,13-18H2,1-2H3,(H,33,38)(H,36,37). The SMILES string of the molecule is CCOC(=O)N1CCN(C(=O)C(CCC(=O)O)NC(=O)c2cc(-c3ccccc3)cc(-c3ccccc3C)n2)CC1. The highest BCUT2D eigenvalue weighted by molar-refractivity contribution is 5.98. The first-order valence-electron chi connectivity index (χ1n) is 13.6. The minimum Gasteiger partial charge on any atom is -0.481 e. The third kappa shape index (κ3) is 7.47. The number of hydrogen-bond acceptors (Lipinski definition) is 6. The molecule has 3 amide bonds. The van der Waals surface area contributed by atoms with Crippen LogP contribution in [-0.2, 0) is 14.3 Å². The van der Waals surface area contributed by atoms with Crippen LogP contribution in [0.2, 0.25) is 0 Å². The van der Waals surface area contributed by atoms with Crippen LogP contribution in [0.25, 0.3) is 22.4 Å². The van der Waals surface area contributed by atoms with E-state index in [1.54, 1.807) is 13.0 Å². The van der Waals surface area contributed by atoms with Gasteiger partial charge in [-0.3, -0.25) is 14.4 Å². The fourth-order valence-electron chi connectivity index (χ4n) is 4.74. The summed E-state index contributed by atoms with van der Waals surface area (Å²) < 4.78 is 5.04. The molecule has 1 saturated heterocycles. The number of aliphatic carboxylic acids is 1. The van der Waals surface area contributed by atoms with Crippen molar-refractivity contribution in [2.24, 2.45) is 0 Å². The third-order valence-electron chi connectivity index (χ3n) is 6.95. The van der Waals surface area contributed by atoms with E-state index in [0.717, 1.165) is 22.3 Å². The number of carboxylic acid groups (broad SMARTS) is 1. The molecule has 1 unspecified atom stereocenters. The molecule has 1 aliphatic heterocycles. The molecule has 41 heavy (non-hydrogen) atoms. The maximum absolute atomic E-state index is 13.6. The fraction of sp³-hybridized carbons (Fsp3) is 0.323. The Morgan fingerprint density at radius 3 is 2.24 bits per heavy atom. The number of pyridine rings is 1. The zero-order valence-corrected chi connectivity index (χ0v) is 23.2. The summed E-state index contributed by atoms with van der Waals surface area (Å²) in [5.74, 6) is -2.05. The van der Waals surface area contributed by atoms with Crippen LogP contribution in [-0.4, -0.2) is 82.6 Å². The smallest absolute Gasteiger partial charge is 0.409 e. The molecular weight excluding hydrogens is 524 g/mol. The number of nitrogens with one attached hydrogen (secondary N) is 1. The highest BCUT2D eigenvalue weighted by Crippen LogP contribution is 2.28. The second-order valence-corrected chi connectivity index (χ2v) is 9.78. The van der Waals surface area contributed by atoms with E-state index in [1.165, 1.54) is 9.80 Å². The van der Waals surface area contributed by atoms with Crippen LogP contribution in [0.5, 0.6) is 0 Å². The zero-order chi connectivity index (χ0) is 29.4. The lowest BCUT2D eigenvalue weighted by atomic mass is 9.99. The molecule has 10 heteroatoms. The molecule has 1 aromatic heterocycles. The highest BCUT2D eigenvalue weighted by atomic mass is 16.6. The van der Waals surface area contributed by atoms with Gasteiger partial charge in [0.1, 0.15) is 11.7 Å². The quantitative estimate of drug-likeness (QED) is 0.406. The van der Waals surface area contributed by atoms with Crippen molar-refractivity contribution in [3.05, 3.63) is 78.0 Å². The van der Waals surface area contributed by atoms with Gasteiger partial charge in [-0.05, 0) is 49.1 Å². The van der Waals surface area contributed by atoms with Gasteiger partial charge in [0, 0.05) is 38.2 Å². The molecule has 2 heterocycles. The number of benzene rings is 2. The summed E-state index contributed by atoms with van der Waals surface area (Å²) in [5, 5.41) is 12.0. The van der Waals surface area contributed by atoms with Crippen LogP contribution in [0.3, 0.4) is 0 Å². The molecule has 0 spiro atoms. The van der Waals surface area contributed by atoms with Gasteiger partial charge in [-0.25, -0.2) is 9.78 Å². The van der Waals surface area contributed by atoms with Crippen LogP contribution >= 0.6 is 0 Å². The third-order valence-corrected chi connectivity index (χ3v) is 6.95. The number of rotatable bonds is 9. The van der Waals surface area contributed by atoms with Crippen LogP contribution in [0.15, 0.2) is 66.7 Å². The highest BCUT2D eigenvalue weighted by Gasteiger charge is 2.31. The van der Waals surface area contributed by atoms with E-state index < -0.39 is 29.9 Å². The second-order valence-electron chi connectivity index (χ2n) is 9.78. The van der Waals surface area contributed by atoms with E-state index in [4.69, 9.17) is 4.74 Å². The minimum absolute atomic E-state index is 0.0823. The zero-order valence-electron chi connectivity index (χ0n) is 23.2. The molecule has 10 nitrogen and oxygen atoms in total. The summed E-state index contributed by atoms with van der Waals surface area (Å²) in [6.07, 6.45) is -0.823. The Morgan fingerprint density at radius 1 is 0.927 bits per heavy atom. The maximum Gasteiger partial charge on any atom is 0.409 e. The van der Waals surface area contributed by atoms with Gasteiger partial charge in [0.25, 0.3) is 5.91 Å². The summed E-state index contributed by atoms with van der Waals surface area (Å²) >= 11 is 0. The Hall–Kier alpha value is -4.73. The summed E-state index contributed by atoms with van der Waals surface area (Å²) in [5.41, 5.74) is 4.28. The van der Waals surface area contributed by atoms with E-state index in [9.17, 15) is 24.3 Å². The number of amides is 3. The number of carbonyl (C=O) groups excluding carboxylic acids is 3. The molecule has 0 radical (unpaired) electrons. The molecule has 1 aliphatic rings.